The third kappa shape index (κ3) is 2.60. The highest BCUT2D eigenvalue weighted by molar-refractivity contribution is 5.00. The minimum atomic E-state index is 0.502. The largest absolute Gasteiger partial charge is 0.309 e. The maximum absolute atomic E-state index is 3.84. The van der Waals surface area contributed by atoms with Crippen LogP contribution in [0.2, 0.25) is 0 Å². The van der Waals surface area contributed by atoms with E-state index in [2.05, 4.69) is 24.1 Å². The van der Waals surface area contributed by atoms with Crippen LogP contribution in [0.1, 0.15) is 58.8 Å². The first-order chi connectivity index (χ1) is 8.67. The van der Waals surface area contributed by atoms with E-state index < -0.39 is 0 Å². The lowest BCUT2D eigenvalue weighted by molar-refractivity contribution is 0.0523. The minimum absolute atomic E-state index is 0.502. The molecule has 1 aliphatic heterocycles. The Balaban J connectivity index is 1.64. The molecule has 2 heteroatoms. The lowest BCUT2D eigenvalue weighted by atomic mass is 9.79. The van der Waals surface area contributed by atoms with Gasteiger partial charge in [0.05, 0.1) is 0 Å². The predicted octanol–water partition coefficient (Wildman–Crippen LogP) is 3.03. The average molecular weight is 250 g/mol. The van der Waals surface area contributed by atoms with Gasteiger partial charge in [-0.3, -0.25) is 4.90 Å². The van der Waals surface area contributed by atoms with E-state index in [4.69, 9.17) is 0 Å². The maximum atomic E-state index is 3.84. The van der Waals surface area contributed by atoms with Crippen LogP contribution in [0.3, 0.4) is 0 Å². The van der Waals surface area contributed by atoms with E-state index in [1.807, 2.05) is 0 Å². The van der Waals surface area contributed by atoms with Crippen LogP contribution in [0, 0.1) is 11.8 Å². The molecule has 2 atom stereocenters. The average Bonchev–Trinajstić information content (AvgIpc) is 2.76. The molecule has 2 saturated carbocycles. The van der Waals surface area contributed by atoms with Crippen LogP contribution in [0.4, 0.5) is 0 Å². The Kier molecular flexibility index (Phi) is 3.68. The van der Waals surface area contributed by atoms with Gasteiger partial charge in [-0.1, -0.05) is 26.7 Å². The highest BCUT2D eigenvalue weighted by Crippen LogP contribution is 2.36. The Morgan fingerprint density at radius 1 is 1.00 bits per heavy atom. The standard InChI is InChI=1S/C16H30N2/c1-13-9-14(2)11-15(10-13)18-8-7-17-16(12-18)5-3-4-6-16/h13-15,17H,3-12H2,1-2H3. The molecule has 0 bridgehead atoms. The van der Waals surface area contributed by atoms with Gasteiger partial charge in [-0.2, -0.15) is 0 Å². The van der Waals surface area contributed by atoms with E-state index in [1.165, 1.54) is 64.6 Å². The molecule has 3 fully saturated rings. The van der Waals surface area contributed by atoms with Crippen molar-refractivity contribution in [3.05, 3.63) is 0 Å². The number of nitrogens with zero attached hydrogens (tertiary/aromatic N) is 1. The first kappa shape index (κ1) is 12.9. The van der Waals surface area contributed by atoms with Crippen LogP contribution in [0.15, 0.2) is 0 Å². The van der Waals surface area contributed by atoms with Crippen LogP contribution in [0.5, 0.6) is 0 Å². The van der Waals surface area contributed by atoms with E-state index in [9.17, 15) is 0 Å². The summed E-state index contributed by atoms with van der Waals surface area (Å²) in [5.74, 6) is 1.88. The molecule has 18 heavy (non-hydrogen) atoms. The van der Waals surface area contributed by atoms with Gasteiger partial charge >= 0.3 is 0 Å². The van der Waals surface area contributed by atoms with Gasteiger partial charge < -0.3 is 5.32 Å². The molecule has 3 aliphatic rings. The fourth-order valence-corrected chi connectivity index (χ4v) is 4.89. The molecule has 0 aromatic carbocycles. The van der Waals surface area contributed by atoms with Crippen molar-refractivity contribution in [2.75, 3.05) is 19.6 Å². The summed E-state index contributed by atoms with van der Waals surface area (Å²) in [6, 6.07) is 0.878. The van der Waals surface area contributed by atoms with Crippen LogP contribution in [-0.4, -0.2) is 36.1 Å². The Morgan fingerprint density at radius 2 is 1.67 bits per heavy atom. The summed E-state index contributed by atoms with van der Waals surface area (Å²) in [6.07, 6.45) is 10.1. The fourth-order valence-electron chi connectivity index (χ4n) is 4.89. The maximum Gasteiger partial charge on any atom is 0.0309 e. The molecule has 0 radical (unpaired) electrons. The van der Waals surface area contributed by atoms with Crippen molar-refractivity contribution in [3.8, 4) is 0 Å². The highest BCUT2D eigenvalue weighted by atomic mass is 15.2. The number of hydrogen-bond acceptors (Lipinski definition) is 2. The fraction of sp³-hybridized carbons (Fsp3) is 1.00. The van der Waals surface area contributed by atoms with Gasteiger partial charge in [0.2, 0.25) is 0 Å². The second-order valence-electron chi connectivity index (χ2n) is 7.46. The smallest absolute Gasteiger partial charge is 0.0309 e. The third-order valence-electron chi connectivity index (χ3n) is 5.64. The summed E-state index contributed by atoms with van der Waals surface area (Å²) < 4.78 is 0. The zero-order valence-electron chi connectivity index (χ0n) is 12.3. The Bertz CT molecular complexity index is 273. The first-order valence-corrected chi connectivity index (χ1v) is 8.16. The SMILES string of the molecule is CC1CC(C)CC(N2CCNC3(CCCC3)C2)C1. The zero-order valence-corrected chi connectivity index (χ0v) is 12.3. The Labute approximate surface area is 113 Å². The first-order valence-electron chi connectivity index (χ1n) is 8.16. The number of hydrogen-bond donors (Lipinski definition) is 1. The van der Waals surface area contributed by atoms with Crippen LogP contribution >= 0.6 is 0 Å². The lowest BCUT2D eigenvalue weighted by Crippen LogP contribution is -2.61. The Hall–Kier alpha value is -0.0800. The molecule has 1 N–H and O–H groups in total. The van der Waals surface area contributed by atoms with Crippen molar-refractivity contribution in [2.24, 2.45) is 11.8 Å². The van der Waals surface area contributed by atoms with Gasteiger partial charge in [0.25, 0.3) is 0 Å². The van der Waals surface area contributed by atoms with Gasteiger partial charge in [-0.15, -0.1) is 0 Å². The molecular weight excluding hydrogens is 220 g/mol. The summed E-state index contributed by atoms with van der Waals surface area (Å²) in [6.45, 7) is 8.74. The number of rotatable bonds is 1. The molecule has 2 nitrogen and oxygen atoms in total. The number of piperazine rings is 1. The van der Waals surface area contributed by atoms with Crippen molar-refractivity contribution in [1.29, 1.82) is 0 Å². The molecular formula is C16H30N2. The summed E-state index contributed by atoms with van der Waals surface area (Å²) in [5.41, 5.74) is 0.502. The van der Waals surface area contributed by atoms with E-state index in [0.29, 0.717) is 5.54 Å². The molecule has 1 spiro atoms. The zero-order chi connectivity index (χ0) is 12.6. The van der Waals surface area contributed by atoms with E-state index >= 15 is 0 Å². The van der Waals surface area contributed by atoms with Crippen molar-refractivity contribution < 1.29 is 0 Å². The van der Waals surface area contributed by atoms with Gasteiger partial charge in [0, 0.05) is 31.2 Å². The van der Waals surface area contributed by atoms with Crippen LogP contribution in [0.25, 0.3) is 0 Å². The van der Waals surface area contributed by atoms with Gasteiger partial charge in [0.1, 0.15) is 0 Å². The second-order valence-corrected chi connectivity index (χ2v) is 7.46. The summed E-state index contributed by atoms with van der Waals surface area (Å²) >= 11 is 0. The van der Waals surface area contributed by atoms with Crippen molar-refractivity contribution >= 4 is 0 Å². The molecule has 0 aromatic heterocycles. The van der Waals surface area contributed by atoms with E-state index in [1.54, 1.807) is 0 Å². The van der Waals surface area contributed by atoms with E-state index in [0.717, 1.165) is 17.9 Å². The topological polar surface area (TPSA) is 15.3 Å². The lowest BCUT2D eigenvalue weighted by Gasteiger charge is -2.47. The van der Waals surface area contributed by atoms with Gasteiger partial charge in [-0.25, -0.2) is 0 Å². The van der Waals surface area contributed by atoms with Gasteiger partial charge in [0.15, 0.2) is 0 Å². The predicted molar refractivity (Wildman–Crippen MR) is 76.7 cm³/mol. The summed E-state index contributed by atoms with van der Waals surface area (Å²) in [4.78, 5) is 2.84. The Morgan fingerprint density at radius 3 is 2.33 bits per heavy atom. The highest BCUT2D eigenvalue weighted by Gasteiger charge is 2.40. The summed E-state index contributed by atoms with van der Waals surface area (Å²) in [7, 11) is 0. The van der Waals surface area contributed by atoms with Gasteiger partial charge in [-0.05, 0) is 43.9 Å². The van der Waals surface area contributed by atoms with Crippen LogP contribution < -0.4 is 5.32 Å². The molecule has 104 valence electrons. The molecule has 2 unspecified atom stereocenters. The second kappa shape index (κ2) is 5.13. The minimum Gasteiger partial charge on any atom is -0.309 e. The summed E-state index contributed by atoms with van der Waals surface area (Å²) in [5, 5.41) is 3.84. The molecule has 3 rings (SSSR count). The van der Waals surface area contributed by atoms with E-state index in [-0.39, 0.29) is 0 Å². The monoisotopic (exact) mass is 250 g/mol. The quantitative estimate of drug-likeness (QED) is 0.769. The number of nitrogens with one attached hydrogen (secondary N) is 1. The van der Waals surface area contributed by atoms with Crippen molar-refractivity contribution in [1.82, 2.24) is 10.2 Å². The third-order valence-corrected chi connectivity index (χ3v) is 5.64. The molecule has 2 aliphatic carbocycles. The van der Waals surface area contributed by atoms with Crippen LogP contribution in [-0.2, 0) is 0 Å². The van der Waals surface area contributed by atoms with Crippen molar-refractivity contribution in [2.45, 2.75) is 70.4 Å². The normalized spacial score (nSPS) is 41.3. The molecule has 1 heterocycles. The van der Waals surface area contributed by atoms with Crippen molar-refractivity contribution in [3.63, 3.8) is 0 Å². The molecule has 0 amide bonds. The molecule has 0 aromatic rings. The molecule has 1 saturated heterocycles.